The summed E-state index contributed by atoms with van der Waals surface area (Å²) >= 11 is 0. The smallest absolute Gasteiger partial charge is 0.262 e. The number of sulfonamides is 1. The Morgan fingerprint density at radius 1 is 1.09 bits per heavy atom. The molecule has 178 valence electrons. The van der Waals surface area contributed by atoms with Crippen LogP contribution in [0.4, 0.5) is 5.69 Å². The molecular formula is C27H26N4O3S. The van der Waals surface area contributed by atoms with Gasteiger partial charge in [0.25, 0.3) is 15.9 Å². The minimum atomic E-state index is -3.72. The van der Waals surface area contributed by atoms with Gasteiger partial charge >= 0.3 is 0 Å². The van der Waals surface area contributed by atoms with Crippen LogP contribution in [0.1, 0.15) is 33.5 Å². The minimum Gasteiger partial charge on any atom is -0.346 e. The molecular weight excluding hydrogens is 460 g/mol. The van der Waals surface area contributed by atoms with Crippen molar-refractivity contribution in [2.45, 2.75) is 25.2 Å². The van der Waals surface area contributed by atoms with Crippen LogP contribution in [0.3, 0.4) is 0 Å². The maximum absolute atomic E-state index is 13.0. The van der Waals surface area contributed by atoms with Crippen LogP contribution in [0.25, 0.3) is 16.6 Å². The summed E-state index contributed by atoms with van der Waals surface area (Å²) in [4.78, 5) is 22.6. The number of rotatable bonds is 5. The predicted molar refractivity (Wildman–Crippen MR) is 138 cm³/mol. The molecule has 1 amide bonds. The third kappa shape index (κ3) is 4.57. The van der Waals surface area contributed by atoms with Crippen LogP contribution < -0.4 is 4.72 Å². The van der Waals surface area contributed by atoms with Crippen molar-refractivity contribution in [1.82, 2.24) is 14.9 Å². The first-order valence-corrected chi connectivity index (χ1v) is 12.9. The largest absolute Gasteiger partial charge is 0.346 e. The Kier molecular flexibility index (Phi) is 5.90. The number of aromatic amines is 1. The number of carbonyl (C=O) groups excluding carboxylic acids is 1. The number of pyridine rings is 1. The fourth-order valence-corrected chi connectivity index (χ4v) is 5.78. The summed E-state index contributed by atoms with van der Waals surface area (Å²) in [5, 5.41) is 1.08. The summed E-state index contributed by atoms with van der Waals surface area (Å²) < 4.78 is 28.3. The first kappa shape index (κ1) is 22.9. The fourth-order valence-electron chi connectivity index (χ4n) is 4.39. The summed E-state index contributed by atoms with van der Waals surface area (Å²) in [6.07, 6.45) is 6.57. The Morgan fingerprint density at radius 2 is 1.89 bits per heavy atom. The van der Waals surface area contributed by atoms with E-state index in [1.165, 1.54) is 5.57 Å². The highest BCUT2D eigenvalue weighted by Crippen LogP contribution is 2.29. The quantitative estimate of drug-likeness (QED) is 0.419. The summed E-state index contributed by atoms with van der Waals surface area (Å²) in [5.41, 5.74) is 5.66. The van der Waals surface area contributed by atoms with Crippen molar-refractivity contribution in [3.8, 4) is 0 Å². The van der Waals surface area contributed by atoms with Crippen molar-refractivity contribution in [1.29, 1.82) is 0 Å². The van der Waals surface area contributed by atoms with Crippen LogP contribution in [-0.4, -0.2) is 42.3 Å². The second-order valence-corrected chi connectivity index (χ2v) is 10.4. The number of nitrogens with zero attached hydrogens (tertiary/aromatic N) is 2. The lowest BCUT2D eigenvalue weighted by atomic mass is 9.99. The number of nitrogens with one attached hydrogen (secondary N) is 2. The number of anilines is 1. The average molecular weight is 487 g/mol. The number of aromatic nitrogens is 2. The number of hydrogen-bond donors (Lipinski definition) is 2. The van der Waals surface area contributed by atoms with Crippen molar-refractivity contribution in [2.75, 3.05) is 17.8 Å². The number of carbonyl (C=O) groups is 1. The molecule has 1 aliphatic heterocycles. The van der Waals surface area contributed by atoms with Gasteiger partial charge in [-0.25, -0.2) is 13.4 Å². The molecule has 7 nitrogen and oxygen atoms in total. The lowest BCUT2D eigenvalue weighted by molar-refractivity contribution is 0.0773. The predicted octanol–water partition coefficient (Wildman–Crippen LogP) is 4.91. The fraction of sp³-hybridized carbons (Fsp3) is 0.185. The van der Waals surface area contributed by atoms with Gasteiger partial charge in [0.2, 0.25) is 0 Å². The molecule has 0 aliphatic carbocycles. The SMILES string of the molecule is Cc1ccc(C)c(S(=O)(=O)Nc2ccc(C(=O)N3CC=C(c4c[nH]c5ncccc45)CC3)cc2)c1. The van der Waals surface area contributed by atoms with Crippen LogP contribution in [0.15, 0.2) is 78.0 Å². The molecule has 2 aromatic heterocycles. The number of hydrogen-bond acceptors (Lipinski definition) is 4. The van der Waals surface area contributed by atoms with Crippen molar-refractivity contribution < 1.29 is 13.2 Å². The molecule has 0 saturated heterocycles. The highest BCUT2D eigenvalue weighted by atomic mass is 32.2. The van der Waals surface area contributed by atoms with Gasteiger partial charge in [-0.15, -0.1) is 0 Å². The van der Waals surface area contributed by atoms with E-state index in [1.54, 1.807) is 54.4 Å². The van der Waals surface area contributed by atoms with Gasteiger partial charge in [-0.3, -0.25) is 9.52 Å². The average Bonchev–Trinajstić information content (AvgIpc) is 3.30. The van der Waals surface area contributed by atoms with Gasteiger partial charge in [0.15, 0.2) is 0 Å². The first-order chi connectivity index (χ1) is 16.8. The Balaban J connectivity index is 1.28. The molecule has 3 heterocycles. The van der Waals surface area contributed by atoms with Crippen LogP contribution >= 0.6 is 0 Å². The van der Waals surface area contributed by atoms with Gasteiger partial charge < -0.3 is 9.88 Å². The van der Waals surface area contributed by atoms with E-state index in [-0.39, 0.29) is 10.8 Å². The van der Waals surface area contributed by atoms with Gasteiger partial charge in [-0.05, 0) is 79.4 Å². The maximum atomic E-state index is 13.0. The van der Waals surface area contributed by atoms with Crippen LogP contribution in [-0.2, 0) is 10.0 Å². The van der Waals surface area contributed by atoms with Gasteiger partial charge in [-0.2, -0.15) is 0 Å². The van der Waals surface area contributed by atoms with Gasteiger partial charge in [0.1, 0.15) is 5.65 Å². The molecule has 1 aliphatic rings. The number of aryl methyl sites for hydroxylation is 2. The van der Waals surface area contributed by atoms with E-state index in [9.17, 15) is 13.2 Å². The monoisotopic (exact) mass is 486 g/mol. The Morgan fingerprint density at radius 3 is 2.63 bits per heavy atom. The van der Waals surface area contributed by atoms with E-state index < -0.39 is 10.0 Å². The maximum Gasteiger partial charge on any atom is 0.262 e. The molecule has 0 atom stereocenters. The molecule has 4 aromatic rings. The number of fused-ring (bicyclic) bond motifs is 1. The minimum absolute atomic E-state index is 0.0789. The molecule has 8 heteroatoms. The van der Waals surface area contributed by atoms with Crippen molar-refractivity contribution >= 4 is 38.2 Å². The van der Waals surface area contributed by atoms with Gasteiger partial charge in [0.05, 0.1) is 4.90 Å². The number of H-pyrrole nitrogens is 1. The van der Waals surface area contributed by atoms with Crippen LogP contribution in [0.5, 0.6) is 0 Å². The molecule has 0 unspecified atom stereocenters. The Hall–Kier alpha value is -3.91. The number of benzene rings is 2. The van der Waals surface area contributed by atoms with Gasteiger partial charge in [0, 0.05) is 47.7 Å². The highest BCUT2D eigenvalue weighted by molar-refractivity contribution is 7.92. The molecule has 0 spiro atoms. The Labute approximate surface area is 204 Å². The topological polar surface area (TPSA) is 95.2 Å². The molecule has 0 saturated carbocycles. The summed E-state index contributed by atoms with van der Waals surface area (Å²) in [6.45, 7) is 4.75. The number of amides is 1. The molecule has 2 aromatic carbocycles. The second-order valence-electron chi connectivity index (χ2n) is 8.78. The lowest BCUT2D eigenvalue weighted by Gasteiger charge is -2.26. The third-order valence-electron chi connectivity index (χ3n) is 6.31. The zero-order chi connectivity index (χ0) is 24.6. The zero-order valence-corrected chi connectivity index (χ0v) is 20.4. The van der Waals surface area contributed by atoms with Crippen LogP contribution in [0.2, 0.25) is 0 Å². The van der Waals surface area contributed by atoms with E-state index in [0.717, 1.165) is 28.6 Å². The highest BCUT2D eigenvalue weighted by Gasteiger charge is 2.21. The lowest BCUT2D eigenvalue weighted by Crippen LogP contribution is -2.34. The second kappa shape index (κ2) is 9.03. The summed E-state index contributed by atoms with van der Waals surface area (Å²) in [5.74, 6) is -0.0789. The molecule has 5 rings (SSSR count). The van der Waals surface area contributed by atoms with Gasteiger partial charge in [-0.1, -0.05) is 18.2 Å². The van der Waals surface area contributed by atoms with Crippen molar-refractivity contribution in [3.63, 3.8) is 0 Å². The van der Waals surface area contributed by atoms with E-state index >= 15 is 0 Å². The summed E-state index contributed by atoms with van der Waals surface area (Å²) in [7, 11) is -3.72. The molecule has 2 N–H and O–H groups in total. The first-order valence-electron chi connectivity index (χ1n) is 11.4. The van der Waals surface area contributed by atoms with E-state index in [2.05, 4.69) is 20.8 Å². The van der Waals surface area contributed by atoms with Crippen molar-refractivity contribution in [2.24, 2.45) is 0 Å². The molecule has 0 radical (unpaired) electrons. The van der Waals surface area contributed by atoms with E-state index in [1.807, 2.05) is 31.3 Å². The summed E-state index contributed by atoms with van der Waals surface area (Å²) in [6, 6.07) is 15.9. The zero-order valence-electron chi connectivity index (χ0n) is 19.6. The normalized spacial score (nSPS) is 14.1. The van der Waals surface area contributed by atoms with E-state index in [4.69, 9.17) is 0 Å². The van der Waals surface area contributed by atoms with Crippen LogP contribution in [0, 0.1) is 13.8 Å². The Bertz CT molecular complexity index is 1550. The molecule has 0 fully saturated rings. The standard InChI is InChI=1S/C27H26N4O3S/c1-18-5-6-19(2)25(16-18)35(33,34)30-22-9-7-21(8-10-22)27(32)31-14-11-20(12-15-31)24-17-29-26-23(24)4-3-13-28-26/h3-11,13,16-17,30H,12,14-15H2,1-2H3,(H,28,29). The van der Waals surface area contributed by atoms with Crippen molar-refractivity contribution in [3.05, 3.63) is 95.3 Å². The molecule has 35 heavy (non-hydrogen) atoms. The third-order valence-corrected chi connectivity index (χ3v) is 7.83. The molecule has 0 bridgehead atoms. The van der Waals surface area contributed by atoms with E-state index in [0.29, 0.717) is 29.9 Å².